The predicted molar refractivity (Wildman–Crippen MR) is 104 cm³/mol. The van der Waals surface area contributed by atoms with E-state index in [1.807, 2.05) is 6.92 Å². The van der Waals surface area contributed by atoms with E-state index in [0.717, 1.165) is 18.9 Å². The maximum atomic E-state index is 14.5. The third-order valence-electron chi connectivity index (χ3n) is 5.82. The molecule has 1 N–H and O–H groups in total. The standard InChI is InChI=1S/C22H22F4N2O3/c1-3-5-6-13-9-15-14-7-12(23)8-16(24)18(14)27-19(15)20(28(13)17(29)4-2)21-30-10-22(25,26)11-31-21/h2,7-8,13,20-21,27H,3,5-6,9-11H2,1H3/t13-,20?/m0/s1. The summed E-state index contributed by atoms with van der Waals surface area (Å²) < 4.78 is 66.3. The Balaban J connectivity index is 1.86. The number of aromatic nitrogens is 1. The molecule has 166 valence electrons. The number of ether oxygens (including phenoxy) is 2. The van der Waals surface area contributed by atoms with Crippen LogP contribution < -0.4 is 0 Å². The van der Waals surface area contributed by atoms with Gasteiger partial charge in [-0.1, -0.05) is 19.8 Å². The molecule has 1 fully saturated rings. The quantitative estimate of drug-likeness (QED) is 0.579. The molecular weight excluding hydrogens is 416 g/mol. The first-order valence-corrected chi connectivity index (χ1v) is 10.1. The van der Waals surface area contributed by atoms with Crippen molar-refractivity contribution in [2.24, 2.45) is 0 Å². The lowest BCUT2D eigenvalue weighted by Gasteiger charge is -2.45. The normalized spacial score (nSPS) is 23.5. The topological polar surface area (TPSA) is 54.6 Å². The third-order valence-corrected chi connectivity index (χ3v) is 5.82. The molecule has 31 heavy (non-hydrogen) atoms. The van der Waals surface area contributed by atoms with E-state index in [1.54, 1.807) is 0 Å². The molecule has 0 radical (unpaired) electrons. The summed E-state index contributed by atoms with van der Waals surface area (Å²) in [5, 5.41) is 0.341. The summed E-state index contributed by atoms with van der Waals surface area (Å²) in [4.78, 5) is 17.1. The first kappa shape index (κ1) is 21.7. The highest BCUT2D eigenvalue weighted by Crippen LogP contribution is 2.43. The summed E-state index contributed by atoms with van der Waals surface area (Å²) in [5.74, 6) is -3.24. The molecule has 1 unspecified atom stereocenters. The first-order valence-electron chi connectivity index (χ1n) is 10.1. The van der Waals surface area contributed by atoms with Crippen LogP contribution in [0.4, 0.5) is 17.6 Å². The Morgan fingerprint density at radius 1 is 1.32 bits per heavy atom. The van der Waals surface area contributed by atoms with Gasteiger partial charge in [0.05, 0.1) is 5.52 Å². The molecule has 1 aromatic heterocycles. The van der Waals surface area contributed by atoms with Gasteiger partial charge in [-0.3, -0.25) is 4.79 Å². The number of alkyl halides is 2. The number of benzene rings is 1. The van der Waals surface area contributed by atoms with E-state index in [4.69, 9.17) is 15.9 Å². The van der Waals surface area contributed by atoms with Gasteiger partial charge in [-0.25, -0.2) is 17.6 Å². The number of aromatic amines is 1. The van der Waals surface area contributed by atoms with E-state index in [9.17, 15) is 22.4 Å². The molecule has 2 atom stereocenters. The van der Waals surface area contributed by atoms with Crippen LogP contribution in [0.15, 0.2) is 12.1 Å². The van der Waals surface area contributed by atoms with Crippen molar-refractivity contribution in [2.45, 2.75) is 56.9 Å². The van der Waals surface area contributed by atoms with E-state index in [0.29, 0.717) is 29.5 Å². The van der Waals surface area contributed by atoms with Gasteiger partial charge in [-0.2, -0.15) is 0 Å². The minimum atomic E-state index is -3.16. The second-order valence-corrected chi connectivity index (χ2v) is 7.98. The Bertz CT molecular complexity index is 1040. The number of nitrogens with one attached hydrogen (secondary N) is 1. The summed E-state index contributed by atoms with van der Waals surface area (Å²) in [6.07, 6.45) is 6.68. The first-order chi connectivity index (χ1) is 14.8. The number of carbonyl (C=O) groups is 1. The Kier molecular flexibility index (Phi) is 5.71. The van der Waals surface area contributed by atoms with Crippen molar-refractivity contribution < 1.29 is 31.8 Å². The van der Waals surface area contributed by atoms with Crippen LogP contribution in [-0.2, 0) is 20.7 Å². The Morgan fingerprint density at radius 3 is 2.68 bits per heavy atom. The number of amides is 1. The average Bonchev–Trinajstić information content (AvgIpc) is 3.09. The molecular formula is C22H22F4N2O3. The minimum Gasteiger partial charge on any atom is -0.354 e. The highest BCUT2D eigenvalue weighted by Gasteiger charge is 2.48. The molecule has 2 aliphatic rings. The lowest BCUT2D eigenvalue weighted by molar-refractivity contribution is -0.286. The molecule has 0 aliphatic carbocycles. The molecule has 1 saturated heterocycles. The molecule has 1 amide bonds. The number of hydrogen-bond donors (Lipinski definition) is 1. The minimum absolute atomic E-state index is 0.0711. The molecule has 0 spiro atoms. The zero-order valence-electron chi connectivity index (χ0n) is 16.9. The van der Waals surface area contributed by atoms with E-state index < -0.39 is 55.1 Å². The molecule has 0 bridgehead atoms. The van der Waals surface area contributed by atoms with Crippen molar-refractivity contribution in [3.8, 4) is 12.3 Å². The fraction of sp³-hybridized carbons (Fsp3) is 0.500. The van der Waals surface area contributed by atoms with Crippen molar-refractivity contribution in [1.82, 2.24) is 9.88 Å². The summed E-state index contributed by atoms with van der Waals surface area (Å²) in [5.41, 5.74) is 1.03. The molecule has 1 aromatic carbocycles. The van der Waals surface area contributed by atoms with Crippen molar-refractivity contribution in [3.63, 3.8) is 0 Å². The molecule has 4 rings (SSSR count). The number of unbranched alkanes of at least 4 members (excludes halogenated alkanes) is 1. The van der Waals surface area contributed by atoms with Crippen LogP contribution >= 0.6 is 0 Å². The highest BCUT2D eigenvalue weighted by molar-refractivity contribution is 5.94. The molecule has 3 heterocycles. The third kappa shape index (κ3) is 3.90. The van der Waals surface area contributed by atoms with Crippen LogP contribution in [0.1, 0.15) is 43.5 Å². The van der Waals surface area contributed by atoms with Crippen LogP contribution in [0.3, 0.4) is 0 Å². The van der Waals surface area contributed by atoms with Gasteiger partial charge < -0.3 is 19.4 Å². The van der Waals surface area contributed by atoms with Crippen LogP contribution in [0.25, 0.3) is 10.9 Å². The fourth-order valence-corrected chi connectivity index (χ4v) is 4.46. The number of nitrogens with zero attached hydrogens (tertiary/aromatic N) is 1. The van der Waals surface area contributed by atoms with Crippen LogP contribution in [0, 0.1) is 24.0 Å². The van der Waals surface area contributed by atoms with Gasteiger partial charge in [0.2, 0.25) is 0 Å². The van der Waals surface area contributed by atoms with Gasteiger partial charge in [0, 0.05) is 23.2 Å². The molecule has 0 saturated carbocycles. The van der Waals surface area contributed by atoms with E-state index >= 15 is 0 Å². The zero-order chi connectivity index (χ0) is 22.3. The van der Waals surface area contributed by atoms with Crippen molar-refractivity contribution >= 4 is 16.8 Å². The van der Waals surface area contributed by atoms with E-state index in [-0.39, 0.29) is 5.52 Å². The van der Waals surface area contributed by atoms with Gasteiger partial charge in [0.25, 0.3) is 11.8 Å². The van der Waals surface area contributed by atoms with Gasteiger partial charge >= 0.3 is 0 Å². The van der Waals surface area contributed by atoms with Gasteiger partial charge in [0.1, 0.15) is 30.9 Å². The Labute approximate surface area is 176 Å². The van der Waals surface area contributed by atoms with E-state index in [1.165, 1.54) is 11.0 Å². The fourth-order valence-electron chi connectivity index (χ4n) is 4.46. The smallest absolute Gasteiger partial charge is 0.299 e. The van der Waals surface area contributed by atoms with Gasteiger partial charge in [-0.05, 0) is 30.4 Å². The lowest BCUT2D eigenvalue weighted by Crippen LogP contribution is -2.54. The highest BCUT2D eigenvalue weighted by atomic mass is 19.3. The number of carbonyl (C=O) groups excluding carboxylic acids is 1. The average molecular weight is 438 g/mol. The number of fused-ring (bicyclic) bond motifs is 3. The van der Waals surface area contributed by atoms with E-state index in [2.05, 4.69) is 10.9 Å². The van der Waals surface area contributed by atoms with Gasteiger partial charge in [0.15, 0.2) is 6.29 Å². The van der Waals surface area contributed by atoms with Crippen LogP contribution in [0.5, 0.6) is 0 Å². The maximum absolute atomic E-state index is 14.5. The second-order valence-electron chi connectivity index (χ2n) is 7.98. The number of terminal acetylenes is 1. The number of hydrogen-bond acceptors (Lipinski definition) is 3. The largest absolute Gasteiger partial charge is 0.354 e. The summed E-state index contributed by atoms with van der Waals surface area (Å²) >= 11 is 0. The molecule has 5 nitrogen and oxygen atoms in total. The summed E-state index contributed by atoms with van der Waals surface area (Å²) in [6.45, 7) is 0.222. The zero-order valence-corrected chi connectivity index (χ0v) is 16.9. The number of halogens is 4. The lowest BCUT2D eigenvalue weighted by atomic mass is 9.88. The number of rotatable bonds is 4. The van der Waals surface area contributed by atoms with Crippen LogP contribution in [-0.4, -0.2) is 47.3 Å². The molecule has 2 aromatic rings. The van der Waals surface area contributed by atoms with Crippen molar-refractivity contribution in [2.75, 3.05) is 13.2 Å². The second kappa shape index (κ2) is 8.17. The molecule has 9 heteroatoms. The summed E-state index contributed by atoms with van der Waals surface area (Å²) in [6, 6.07) is 0.574. The maximum Gasteiger partial charge on any atom is 0.299 e. The van der Waals surface area contributed by atoms with Crippen molar-refractivity contribution in [3.05, 3.63) is 35.0 Å². The summed E-state index contributed by atoms with van der Waals surface area (Å²) in [7, 11) is 0. The predicted octanol–water partition coefficient (Wildman–Crippen LogP) is 4.07. The van der Waals surface area contributed by atoms with Crippen LogP contribution in [0.2, 0.25) is 0 Å². The Morgan fingerprint density at radius 2 is 2.03 bits per heavy atom. The monoisotopic (exact) mass is 438 g/mol. The van der Waals surface area contributed by atoms with Gasteiger partial charge in [-0.15, -0.1) is 6.42 Å². The van der Waals surface area contributed by atoms with Crippen molar-refractivity contribution in [1.29, 1.82) is 0 Å². The number of H-pyrrole nitrogens is 1. The SMILES string of the molecule is C#CC(=O)N1C(C2OCC(F)(F)CO2)c2[nH]c3c(F)cc(F)cc3c2C[C@@H]1CCCC. The Hall–Kier alpha value is -2.57. The molecule has 2 aliphatic heterocycles.